The third kappa shape index (κ3) is 4.83. The third-order valence-electron chi connectivity index (χ3n) is 5.34. The molecule has 6 heteroatoms. The Morgan fingerprint density at radius 3 is 2.13 bits per heavy atom. The van der Waals surface area contributed by atoms with Crippen molar-refractivity contribution in [3.8, 4) is 11.5 Å². The van der Waals surface area contributed by atoms with Gasteiger partial charge in [0.25, 0.3) is 0 Å². The van der Waals surface area contributed by atoms with E-state index in [0.717, 1.165) is 15.8 Å². The Bertz CT molecular complexity index is 983. The lowest BCUT2D eigenvalue weighted by Gasteiger charge is -2.38. The second kappa shape index (κ2) is 8.90. The summed E-state index contributed by atoms with van der Waals surface area (Å²) in [5, 5.41) is 13.9. The fourth-order valence-electron chi connectivity index (χ4n) is 3.56. The monoisotopic (exact) mass is 466 g/mol. The summed E-state index contributed by atoms with van der Waals surface area (Å²) in [5.74, 6) is 1.47. The van der Waals surface area contributed by atoms with Crippen LogP contribution in [0.1, 0.15) is 18.4 Å². The highest BCUT2D eigenvalue weighted by Gasteiger charge is 2.35. The molecule has 154 valence electrons. The number of likely N-dealkylation sites (tertiary alicyclic amines) is 1. The maximum Gasteiger partial charge on any atom is 0.321 e. The number of halogens is 1. The molecule has 0 atom stereocenters. The summed E-state index contributed by atoms with van der Waals surface area (Å²) in [6.07, 6.45) is 1.01. The summed E-state index contributed by atoms with van der Waals surface area (Å²) in [6, 6.07) is 24.4. The number of rotatable bonds is 4. The lowest BCUT2D eigenvalue weighted by atomic mass is 9.84. The fraction of sp³-hybridized carbons (Fsp3) is 0.208. The van der Waals surface area contributed by atoms with Crippen molar-refractivity contribution in [3.63, 3.8) is 0 Å². The van der Waals surface area contributed by atoms with Crippen molar-refractivity contribution in [1.82, 2.24) is 4.90 Å². The number of hydrogen-bond acceptors (Lipinski definition) is 3. The molecule has 0 spiro atoms. The Labute approximate surface area is 184 Å². The van der Waals surface area contributed by atoms with Crippen LogP contribution in [-0.4, -0.2) is 29.1 Å². The topological polar surface area (TPSA) is 61.8 Å². The van der Waals surface area contributed by atoms with E-state index in [1.165, 1.54) is 0 Å². The van der Waals surface area contributed by atoms with Gasteiger partial charge >= 0.3 is 6.03 Å². The molecule has 0 aliphatic carbocycles. The zero-order valence-corrected chi connectivity index (χ0v) is 18.0. The summed E-state index contributed by atoms with van der Waals surface area (Å²) >= 11 is 3.42. The van der Waals surface area contributed by atoms with E-state index in [9.17, 15) is 9.90 Å². The molecule has 3 aromatic rings. The van der Waals surface area contributed by atoms with Gasteiger partial charge in [-0.05, 0) is 66.9 Å². The molecule has 0 saturated carbocycles. The predicted molar refractivity (Wildman–Crippen MR) is 121 cm³/mol. The van der Waals surface area contributed by atoms with Crippen molar-refractivity contribution in [2.45, 2.75) is 18.4 Å². The summed E-state index contributed by atoms with van der Waals surface area (Å²) in [5.41, 5.74) is 0.697. The van der Waals surface area contributed by atoms with Gasteiger partial charge in [0.2, 0.25) is 0 Å². The van der Waals surface area contributed by atoms with Gasteiger partial charge in [0.1, 0.15) is 11.5 Å². The summed E-state index contributed by atoms with van der Waals surface area (Å²) < 4.78 is 6.75. The minimum atomic E-state index is -0.895. The molecule has 30 heavy (non-hydrogen) atoms. The number of benzene rings is 3. The summed E-state index contributed by atoms with van der Waals surface area (Å²) in [7, 11) is 0. The number of amides is 2. The zero-order chi connectivity index (χ0) is 21.0. The molecule has 0 aromatic heterocycles. The lowest BCUT2D eigenvalue weighted by molar-refractivity contribution is -0.0157. The fourth-order valence-corrected chi connectivity index (χ4v) is 3.83. The molecular formula is C24H23BrN2O3. The number of hydrogen-bond donors (Lipinski definition) is 2. The van der Waals surface area contributed by atoms with Crippen LogP contribution in [0, 0.1) is 0 Å². The van der Waals surface area contributed by atoms with Gasteiger partial charge in [0.15, 0.2) is 0 Å². The largest absolute Gasteiger partial charge is 0.457 e. The summed E-state index contributed by atoms with van der Waals surface area (Å²) in [6.45, 7) is 0.987. The van der Waals surface area contributed by atoms with Crippen LogP contribution in [0.3, 0.4) is 0 Å². The SMILES string of the molecule is O=C(Nc1ccc(Oc2ccccc2)cc1)N1CCC(O)(c2ccc(Br)cc2)CC1. The number of anilines is 1. The first-order chi connectivity index (χ1) is 14.5. The Hall–Kier alpha value is -2.83. The van der Waals surface area contributed by atoms with Crippen molar-refractivity contribution in [3.05, 3.63) is 88.9 Å². The van der Waals surface area contributed by atoms with Crippen LogP contribution in [0.25, 0.3) is 0 Å². The highest BCUT2D eigenvalue weighted by molar-refractivity contribution is 9.10. The second-order valence-corrected chi connectivity index (χ2v) is 8.31. The molecule has 1 aliphatic rings. The van der Waals surface area contributed by atoms with Crippen LogP contribution in [-0.2, 0) is 5.60 Å². The number of aliphatic hydroxyl groups is 1. The average molecular weight is 467 g/mol. The third-order valence-corrected chi connectivity index (χ3v) is 5.87. The van der Waals surface area contributed by atoms with Gasteiger partial charge < -0.3 is 20.1 Å². The Morgan fingerprint density at radius 2 is 1.50 bits per heavy atom. The van der Waals surface area contributed by atoms with E-state index < -0.39 is 5.60 Å². The molecule has 3 aromatic carbocycles. The average Bonchev–Trinajstić information content (AvgIpc) is 2.77. The Morgan fingerprint density at radius 1 is 0.900 bits per heavy atom. The van der Waals surface area contributed by atoms with Crippen LogP contribution >= 0.6 is 15.9 Å². The maximum atomic E-state index is 12.6. The minimum Gasteiger partial charge on any atom is -0.457 e. The molecular weight excluding hydrogens is 444 g/mol. The first-order valence-corrected chi connectivity index (χ1v) is 10.7. The zero-order valence-electron chi connectivity index (χ0n) is 16.4. The molecule has 0 bridgehead atoms. The second-order valence-electron chi connectivity index (χ2n) is 7.40. The highest BCUT2D eigenvalue weighted by Crippen LogP contribution is 2.33. The number of ether oxygens (including phenoxy) is 1. The number of carbonyl (C=O) groups is 1. The van der Waals surface area contributed by atoms with Gasteiger partial charge in [0, 0.05) is 23.2 Å². The van der Waals surface area contributed by atoms with Crippen molar-refractivity contribution in [1.29, 1.82) is 0 Å². The van der Waals surface area contributed by atoms with E-state index in [4.69, 9.17) is 4.74 Å². The lowest BCUT2D eigenvalue weighted by Crippen LogP contribution is -2.46. The molecule has 4 rings (SSSR count). The predicted octanol–water partition coefficient (Wildman–Crippen LogP) is 5.76. The van der Waals surface area contributed by atoms with E-state index in [1.54, 1.807) is 4.90 Å². The van der Waals surface area contributed by atoms with Crippen molar-refractivity contribution in [2.24, 2.45) is 0 Å². The van der Waals surface area contributed by atoms with E-state index in [0.29, 0.717) is 37.4 Å². The van der Waals surface area contributed by atoms with Gasteiger partial charge in [-0.1, -0.05) is 46.3 Å². The Kier molecular flexibility index (Phi) is 6.06. The number of carbonyl (C=O) groups excluding carboxylic acids is 1. The van der Waals surface area contributed by atoms with Crippen molar-refractivity contribution in [2.75, 3.05) is 18.4 Å². The van der Waals surface area contributed by atoms with Crippen molar-refractivity contribution >= 4 is 27.6 Å². The maximum absolute atomic E-state index is 12.6. The normalized spacial score (nSPS) is 15.5. The van der Waals surface area contributed by atoms with E-state index in [2.05, 4.69) is 21.2 Å². The van der Waals surface area contributed by atoms with E-state index in [-0.39, 0.29) is 6.03 Å². The van der Waals surface area contributed by atoms with Crippen molar-refractivity contribution < 1.29 is 14.6 Å². The number of nitrogens with one attached hydrogen (secondary N) is 1. The molecule has 2 N–H and O–H groups in total. The van der Waals surface area contributed by atoms with Gasteiger partial charge in [-0.25, -0.2) is 4.79 Å². The minimum absolute atomic E-state index is 0.162. The number of para-hydroxylation sites is 1. The number of piperidine rings is 1. The van der Waals surface area contributed by atoms with Crippen LogP contribution in [0.15, 0.2) is 83.3 Å². The first kappa shape index (κ1) is 20.4. The summed E-state index contributed by atoms with van der Waals surface area (Å²) in [4.78, 5) is 14.4. The molecule has 2 amide bonds. The van der Waals surface area contributed by atoms with E-state index >= 15 is 0 Å². The van der Waals surface area contributed by atoms with Crippen LogP contribution in [0.2, 0.25) is 0 Å². The first-order valence-electron chi connectivity index (χ1n) is 9.89. The molecule has 1 saturated heterocycles. The molecule has 1 aliphatic heterocycles. The molecule has 1 fully saturated rings. The van der Waals surface area contributed by atoms with Crippen LogP contribution < -0.4 is 10.1 Å². The molecule has 0 unspecified atom stereocenters. The molecule has 5 nitrogen and oxygen atoms in total. The molecule has 0 radical (unpaired) electrons. The van der Waals surface area contributed by atoms with Gasteiger partial charge in [-0.15, -0.1) is 0 Å². The van der Waals surface area contributed by atoms with Crippen LogP contribution in [0.5, 0.6) is 11.5 Å². The number of urea groups is 1. The van der Waals surface area contributed by atoms with Gasteiger partial charge in [0.05, 0.1) is 5.60 Å². The molecule has 1 heterocycles. The van der Waals surface area contributed by atoms with Gasteiger partial charge in [-0.2, -0.15) is 0 Å². The Balaban J connectivity index is 1.32. The van der Waals surface area contributed by atoms with E-state index in [1.807, 2.05) is 78.9 Å². The highest BCUT2D eigenvalue weighted by atomic mass is 79.9. The smallest absolute Gasteiger partial charge is 0.321 e. The van der Waals surface area contributed by atoms with Gasteiger partial charge in [-0.3, -0.25) is 0 Å². The standard InChI is InChI=1S/C24H23BrN2O3/c25-19-8-6-18(7-9-19)24(29)14-16-27(17-15-24)23(28)26-20-10-12-22(13-11-20)30-21-4-2-1-3-5-21/h1-13,29H,14-17H2,(H,26,28). The quantitative estimate of drug-likeness (QED) is 0.513. The van der Waals surface area contributed by atoms with Crippen LogP contribution in [0.4, 0.5) is 10.5 Å². The number of nitrogens with zero attached hydrogens (tertiary/aromatic N) is 1.